The highest BCUT2D eigenvalue weighted by Crippen LogP contribution is 2.25. The maximum Gasteiger partial charge on any atom is 0.340 e. The van der Waals surface area contributed by atoms with Gasteiger partial charge in [0.1, 0.15) is 0 Å². The first-order chi connectivity index (χ1) is 14.7. The predicted molar refractivity (Wildman–Crippen MR) is 105 cm³/mol. The van der Waals surface area contributed by atoms with Crippen molar-refractivity contribution in [3.8, 4) is 17.3 Å². The van der Waals surface area contributed by atoms with Crippen LogP contribution in [-0.4, -0.2) is 45.8 Å². The maximum absolute atomic E-state index is 12.8. The molecule has 7 nitrogen and oxygen atoms in total. The van der Waals surface area contributed by atoms with Gasteiger partial charge in [0.15, 0.2) is 6.61 Å². The maximum atomic E-state index is 12.8. The van der Waals surface area contributed by atoms with E-state index in [0.717, 1.165) is 18.0 Å². The van der Waals surface area contributed by atoms with Crippen LogP contribution in [0.15, 0.2) is 52.2 Å². The van der Waals surface area contributed by atoms with Crippen molar-refractivity contribution in [2.45, 2.75) is 17.6 Å². The zero-order valence-corrected chi connectivity index (χ0v) is 17.0. The predicted octanol–water partition coefficient (Wildman–Crippen LogP) is 4.80. The Morgan fingerprint density at radius 3 is 2.58 bits per heavy atom. The Morgan fingerprint density at radius 1 is 1.19 bits per heavy atom. The van der Waals surface area contributed by atoms with Gasteiger partial charge in [0.2, 0.25) is 17.7 Å². The minimum absolute atomic E-state index is 0.0545. The number of ether oxygens (including phenoxy) is 1. The average Bonchev–Trinajstić information content (AvgIpc) is 3.21. The first kappa shape index (κ1) is 22.8. The fourth-order valence-corrected chi connectivity index (χ4v) is 2.76. The lowest BCUT2D eigenvalue weighted by Crippen LogP contribution is -2.33. The van der Waals surface area contributed by atoms with Crippen molar-refractivity contribution in [1.29, 1.82) is 0 Å². The SMILES string of the molecule is O=C(CSc1nnc(-c2ccc(Cl)cc2)o1)Nc1ccc(OCC(F)(F)C(F)F)nc1. The van der Waals surface area contributed by atoms with Crippen LogP contribution in [-0.2, 0) is 4.79 Å². The van der Waals surface area contributed by atoms with Crippen LogP contribution in [0.5, 0.6) is 5.88 Å². The first-order valence-electron chi connectivity index (χ1n) is 8.50. The smallest absolute Gasteiger partial charge is 0.340 e. The highest BCUT2D eigenvalue weighted by Gasteiger charge is 2.41. The van der Waals surface area contributed by atoms with E-state index in [1.165, 1.54) is 12.1 Å². The van der Waals surface area contributed by atoms with Gasteiger partial charge in [0.25, 0.3) is 5.22 Å². The molecule has 0 spiro atoms. The molecule has 13 heteroatoms. The zero-order valence-electron chi connectivity index (χ0n) is 15.4. The molecule has 1 amide bonds. The number of anilines is 1. The number of thioether (sulfide) groups is 1. The number of carbonyl (C=O) groups excluding carboxylic acids is 1. The van der Waals surface area contributed by atoms with E-state index < -0.39 is 24.9 Å². The van der Waals surface area contributed by atoms with Gasteiger partial charge in [-0.2, -0.15) is 8.78 Å². The van der Waals surface area contributed by atoms with Crippen molar-refractivity contribution in [2.24, 2.45) is 0 Å². The highest BCUT2D eigenvalue weighted by atomic mass is 35.5. The van der Waals surface area contributed by atoms with Crippen molar-refractivity contribution in [3.05, 3.63) is 47.6 Å². The number of rotatable bonds is 9. The largest absolute Gasteiger partial charge is 0.471 e. The van der Waals surface area contributed by atoms with Gasteiger partial charge in [-0.3, -0.25) is 4.79 Å². The van der Waals surface area contributed by atoms with Crippen LogP contribution in [0.25, 0.3) is 11.5 Å². The summed E-state index contributed by atoms with van der Waals surface area (Å²) in [6, 6.07) is 9.28. The third kappa shape index (κ3) is 6.56. The third-order valence-corrected chi connectivity index (χ3v) is 4.65. The summed E-state index contributed by atoms with van der Waals surface area (Å²) in [5.41, 5.74) is 0.929. The molecule has 0 unspecified atom stereocenters. The molecular formula is C18H13ClF4N4O3S. The van der Waals surface area contributed by atoms with E-state index in [1.807, 2.05) is 0 Å². The molecule has 3 aromatic rings. The molecule has 1 N–H and O–H groups in total. The summed E-state index contributed by atoms with van der Waals surface area (Å²) in [5, 5.41) is 11.0. The van der Waals surface area contributed by atoms with Crippen LogP contribution in [0.4, 0.5) is 23.2 Å². The molecule has 2 heterocycles. The van der Waals surface area contributed by atoms with Crippen molar-refractivity contribution in [3.63, 3.8) is 0 Å². The summed E-state index contributed by atoms with van der Waals surface area (Å²) in [6.07, 6.45) is -2.70. The number of amides is 1. The molecular weight excluding hydrogens is 464 g/mol. The highest BCUT2D eigenvalue weighted by molar-refractivity contribution is 7.99. The number of nitrogens with zero attached hydrogens (tertiary/aromatic N) is 3. The molecule has 2 aromatic heterocycles. The number of aromatic nitrogens is 3. The number of halogens is 5. The molecule has 0 saturated heterocycles. The number of benzene rings is 1. The minimum Gasteiger partial charge on any atom is -0.471 e. The number of alkyl halides is 4. The number of pyridine rings is 1. The van der Waals surface area contributed by atoms with Gasteiger partial charge < -0.3 is 14.5 Å². The van der Waals surface area contributed by atoms with Gasteiger partial charge in [-0.15, -0.1) is 10.2 Å². The van der Waals surface area contributed by atoms with Crippen LogP contribution in [0.1, 0.15) is 0 Å². The monoisotopic (exact) mass is 476 g/mol. The molecule has 0 atom stereocenters. The van der Waals surface area contributed by atoms with E-state index in [9.17, 15) is 22.4 Å². The van der Waals surface area contributed by atoms with E-state index >= 15 is 0 Å². The number of carbonyl (C=O) groups is 1. The molecule has 1 aromatic carbocycles. The van der Waals surface area contributed by atoms with Crippen molar-refractivity contribution in [1.82, 2.24) is 15.2 Å². The second-order valence-electron chi connectivity index (χ2n) is 5.95. The van der Waals surface area contributed by atoms with Gasteiger partial charge in [0.05, 0.1) is 17.6 Å². The Kier molecular flexibility index (Phi) is 7.33. The van der Waals surface area contributed by atoms with Crippen LogP contribution in [0, 0.1) is 0 Å². The standard InChI is InChI=1S/C18H13ClF4N4O3S/c19-11-3-1-10(2-4-11)15-26-27-17(30-15)31-8-13(28)25-12-5-6-14(24-7-12)29-9-18(22,23)16(20)21/h1-7,16H,8-9H2,(H,25,28). The average molecular weight is 477 g/mol. The lowest BCUT2D eigenvalue weighted by Gasteiger charge is -2.15. The Balaban J connectivity index is 1.47. The fourth-order valence-electron chi connectivity index (χ4n) is 2.07. The van der Waals surface area contributed by atoms with Gasteiger partial charge in [-0.25, -0.2) is 13.8 Å². The molecule has 31 heavy (non-hydrogen) atoms. The van der Waals surface area contributed by atoms with Crippen molar-refractivity contribution >= 4 is 35.0 Å². The Hall–Kier alpha value is -2.86. The van der Waals surface area contributed by atoms with Gasteiger partial charge in [-0.05, 0) is 30.3 Å². The van der Waals surface area contributed by atoms with Crippen LogP contribution in [0.2, 0.25) is 5.02 Å². The van der Waals surface area contributed by atoms with E-state index in [4.69, 9.17) is 16.0 Å². The van der Waals surface area contributed by atoms with E-state index in [1.54, 1.807) is 24.3 Å². The molecule has 0 aliphatic carbocycles. The van der Waals surface area contributed by atoms with Crippen molar-refractivity contribution in [2.75, 3.05) is 17.7 Å². The fraction of sp³-hybridized carbons (Fsp3) is 0.222. The van der Waals surface area contributed by atoms with E-state index in [2.05, 4.69) is 25.2 Å². The minimum atomic E-state index is -4.28. The van der Waals surface area contributed by atoms with Gasteiger partial charge in [-0.1, -0.05) is 23.4 Å². The molecule has 0 aliphatic heterocycles. The number of hydrogen-bond donors (Lipinski definition) is 1. The summed E-state index contributed by atoms with van der Waals surface area (Å²) in [5.74, 6) is -4.77. The quantitative estimate of drug-likeness (QED) is 0.350. The van der Waals surface area contributed by atoms with E-state index in [0.29, 0.717) is 10.6 Å². The van der Waals surface area contributed by atoms with Crippen LogP contribution < -0.4 is 10.1 Å². The first-order valence-corrected chi connectivity index (χ1v) is 9.86. The van der Waals surface area contributed by atoms with Crippen molar-refractivity contribution < 1.29 is 31.5 Å². The summed E-state index contributed by atoms with van der Waals surface area (Å²) >= 11 is 6.83. The summed E-state index contributed by atoms with van der Waals surface area (Å²) < 4.78 is 59.9. The summed E-state index contributed by atoms with van der Waals surface area (Å²) in [7, 11) is 0. The van der Waals surface area contributed by atoms with Crippen LogP contribution >= 0.6 is 23.4 Å². The lowest BCUT2D eigenvalue weighted by atomic mass is 10.2. The third-order valence-electron chi connectivity index (χ3n) is 3.58. The number of nitrogens with one attached hydrogen (secondary N) is 1. The topological polar surface area (TPSA) is 90.1 Å². The molecule has 3 rings (SSSR count). The Labute approximate surface area is 182 Å². The Morgan fingerprint density at radius 2 is 1.94 bits per heavy atom. The lowest BCUT2D eigenvalue weighted by molar-refractivity contribution is -0.148. The Bertz CT molecular complexity index is 1020. The molecule has 0 fully saturated rings. The molecule has 164 valence electrons. The molecule has 0 bridgehead atoms. The zero-order chi connectivity index (χ0) is 22.4. The van der Waals surface area contributed by atoms with Crippen LogP contribution in [0.3, 0.4) is 0 Å². The van der Waals surface area contributed by atoms with E-state index in [-0.39, 0.29) is 28.4 Å². The normalized spacial score (nSPS) is 11.5. The van der Waals surface area contributed by atoms with Gasteiger partial charge >= 0.3 is 12.3 Å². The second-order valence-corrected chi connectivity index (χ2v) is 7.32. The molecule has 0 saturated carbocycles. The molecule has 0 radical (unpaired) electrons. The summed E-state index contributed by atoms with van der Waals surface area (Å²) in [6.45, 7) is -1.51. The molecule has 0 aliphatic rings. The van der Waals surface area contributed by atoms with Gasteiger partial charge in [0, 0.05) is 16.7 Å². The second kappa shape index (κ2) is 9.96. The summed E-state index contributed by atoms with van der Waals surface area (Å²) in [4.78, 5) is 15.7. The number of hydrogen-bond acceptors (Lipinski definition) is 7.